The Labute approximate surface area is 392 Å². The second-order valence-corrected chi connectivity index (χ2v) is 19.2. The van der Waals surface area contributed by atoms with Crippen LogP contribution in [-0.4, -0.2) is 82.5 Å². The van der Waals surface area contributed by atoms with Crippen LogP contribution in [0.5, 0.6) is 0 Å². The third-order valence-electron chi connectivity index (χ3n) is 14.8. The lowest BCUT2D eigenvalue weighted by Gasteiger charge is -2.38. The average molecular weight is 919 g/mol. The molecule has 0 spiro atoms. The van der Waals surface area contributed by atoms with Crippen LogP contribution >= 0.6 is 0 Å². The molecule has 350 valence electrons. The Kier molecular flexibility index (Phi) is 10.5. The quantitative estimate of drug-likeness (QED) is 0.138. The summed E-state index contributed by atoms with van der Waals surface area (Å²) < 4.78 is 33.1. The number of pyridine rings is 1. The summed E-state index contributed by atoms with van der Waals surface area (Å²) in [4.78, 5) is 38.9. The summed E-state index contributed by atoms with van der Waals surface area (Å²) in [5.41, 5.74) is 9.25. The number of aryl methyl sites for hydroxylation is 3. The SMILES string of the molecule is Cc1cc(-n2ccn(-c3c4c(nn3-c3cc(C)c(F)c(C)c3)CCN(C(O)c3cc5cc(C6CCOCC6)ccc5n3[C@@]3(c5noc(=O)[nH]5)C[C@@H]3C)[C@H]4C)c2=O)ccc1-c1cc(N(C)C)ccn1. The van der Waals surface area contributed by atoms with Crippen molar-refractivity contribution >= 4 is 16.6 Å². The molecule has 4 atom stereocenters. The zero-order valence-electron chi connectivity index (χ0n) is 39.3. The van der Waals surface area contributed by atoms with Crippen LogP contribution in [0.3, 0.4) is 0 Å². The zero-order valence-corrected chi connectivity index (χ0v) is 39.3. The predicted octanol–water partition coefficient (Wildman–Crippen LogP) is 7.92. The summed E-state index contributed by atoms with van der Waals surface area (Å²) >= 11 is 0. The van der Waals surface area contributed by atoms with Gasteiger partial charge in [-0.1, -0.05) is 24.2 Å². The minimum absolute atomic E-state index is 0.0691. The van der Waals surface area contributed by atoms with Gasteiger partial charge in [-0.3, -0.25) is 28.5 Å². The number of aliphatic hydroxyl groups excluding tert-OH is 1. The summed E-state index contributed by atoms with van der Waals surface area (Å²) in [6, 6.07) is 21.5. The molecule has 0 bridgehead atoms. The van der Waals surface area contributed by atoms with Crippen LogP contribution in [0.1, 0.15) is 96.3 Å². The number of hydrogen-bond acceptors (Lipinski definition) is 10. The highest BCUT2D eigenvalue weighted by Gasteiger charge is 2.59. The molecule has 1 unspecified atom stereocenters. The number of H-pyrrole nitrogens is 1. The first-order chi connectivity index (χ1) is 32.7. The largest absolute Gasteiger partial charge is 0.438 e. The number of rotatable bonds is 10. The van der Waals surface area contributed by atoms with Crippen molar-refractivity contribution < 1.29 is 18.8 Å². The summed E-state index contributed by atoms with van der Waals surface area (Å²) in [6.07, 6.45) is 7.17. The molecule has 0 amide bonds. The fourth-order valence-corrected chi connectivity index (χ4v) is 11.0. The lowest BCUT2D eigenvalue weighted by molar-refractivity contribution is -0.0341. The molecule has 8 aromatic rings. The van der Waals surface area contributed by atoms with E-state index in [1.165, 1.54) is 5.56 Å². The van der Waals surface area contributed by atoms with Crippen molar-refractivity contribution in [2.24, 2.45) is 5.92 Å². The van der Waals surface area contributed by atoms with Crippen LogP contribution < -0.4 is 16.3 Å². The smallest absolute Gasteiger partial charge is 0.381 e. The molecule has 68 heavy (non-hydrogen) atoms. The number of ether oxygens (including phenoxy) is 1. The van der Waals surface area contributed by atoms with Crippen LogP contribution in [0, 0.1) is 32.5 Å². The van der Waals surface area contributed by atoms with E-state index in [1.54, 1.807) is 58.4 Å². The predicted molar refractivity (Wildman–Crippen MR) is 257 cm³/mol. The van der Waals surface area contributed by atoms with E-state index in [0.29, 0.717) is 65.1 Å². The Morgan fingerprint density at radius 2 is 1.65 bits per heavy atom. The Hall–Kier alpha value is -6.88. The van der Waals surface area contributed by atoms with E-state index >= 15 is 4.39 Å². The van der Waals surface area contributed by atoms with E-state index in [9.17, 15) is 14.7 Å². The Bertz CT molecular complexity index is 3360. The molecule has 16 heteroatoms. The number of benzene rings is 3. The number of hydrogen-bond donors (Lipinski definition) is 2. The number of anilines is 1. The van der Waals surface area contributed by atoms with Crippen LogP contribution in [0.25, 0.3) is 39.4 Å². The van der Waals surface area contributed by atoms with Crippen molar-refractivity contribution in [2.45, 2.75) is 84.0 Å². The first-order valence-electron chi connectivity index (χ1n) is 23.4. The average Bonchev–Trinajstić information content (AvgIpc) is 3.83. The lowest BCUT2D eigenvalue weighted by Crippen LogP contribution is -2.39. The van der Waals surface area contributed by atoms with Crippen LogP contribution in [-0.2, 0) is 16.7 Å². The molecule has 11 rings (SSSR count). The molecule has 7 heterocycles. The second kappa shape index (κ2) is 16.4. The first kappa shape index (κ1) is 43.7. The molecule has 15 nitrogen and oxygen atoms in total. The number of imidazole rings is 1. The van der Waals surface area contributed by atoms with Gasteiger partial charge in [-0.2, -0.15) is 5.10 Å². The molecule has 1 saturated carbocycles. The van der Waals surface area contributed by atoms with E-state index in [-0.39, 0.29) is 17.4 Å². The molecule has 2 fully saturated rings. The first-order valence-corrected chi connectivity index (χ1v) is 23.4. The van der Waals surface area contributed by atoms with Gasteiger partial charge < -0.3 is 19.3 Å². The highest BCUT2D eigenvalue weighted by molar-refractivity contribution is 5.83. The zero-order chi connectivity index (χ0) is 47.3. The fraction of sp³-hybridized carbons (Fsp3) is 0.365. The highest BCUT2D eigenvalue weighted by atomic mass is 19.1. The van der Waals surface area contributed by atoms with E-state index in [0.717, 1.165) is 70.7 Å². The maximum absolute atomic E-state index is 15.2. The summed E-state index contributed by atoms with van der Waals surface area (Å²) in [5.74, 6) is 0.422. The Morgan fingerprint density at radius 3 is 2.34 bits per heavy atom. The number of aliphatic hydroxyl groups is 1. The maximum atomic E-state index is 15.2. The number of nitrogens with zero attached hydrogens (tertiary/aromatic N) is 9. The van der Waals surface area contributed by atoms with Gasteiger partial charge in [0.25, 0.3) is 0 Å². The van der Waals surface area contributed by atoms with Crippen molar-refractivity contribution in [2.75, 3.05) is 38.8 Å². The van der Waals surface area contributed by atoms with Gasteiger partial charge in [0, 0.05) is 92.6 Å². The van der Waals surface area contributed by atoms with Gasteiger partial charge in [-0.25, -0.2) is 18.7 Å². The van der Waals surface area contributed by atoms with E-state index in [1.807, 2.05) is 68.1 Å². The van der Waals surface area contributed by atoms with Crippen molar-refractivity contribution in [3.05, 3.63) is 157 Å². The van der Waals surface area contributed by atoms with Crippen LogP contribution in [0.2, 0.25) is 0 Å². The van der Waals surface area contributed by atoms with Crippen molar-refractivity contribution in [1.29, 1.82) is 0 Å². The molecule has 5 aromatic heterocycles. The van der Waals surface area contributed by atoms with Crippen molar-refractivity contribution in [1.82, 2.24) is 43.5 Å². The molecule has 3 aromatic carbocycles. The van der Waals surface area contributed by atoms with E-state index in [4.69, 9.17) is 14.4 Å². The number of nitrogens with one attached hydrogen (secondary N) is 1. The molecule has 1 aliphatic carbocycles. The molecule has 0 radical (unpaired) electrons. The molecule has 3 aliphatic rings. The van der Waals surface area contributed by atoms with Crippen LogP contribution in [0.4, 0.5) is 10.1 Å². The molecule has 1 saturated heterocycles. The second-order valence-electron chi connectivity index (χ2n) is 19.2. The molecule has 2 N–H and O–H groups in total. The summed E-state index contributed by atoms with van der Waals surface area (Å²) in [5, 5.41) is 23.3. The summed E-state index contributed by atoms with van der Waals surface area (Å²) in [6.45, 7) is 11.5. The van der Waals surface area contributed by atoms with Gasteiger partial charge in [0.05, 0.1) is 28.5 Å². The minimum atomic E-state index is -1.14. The van der Waals surface area contributed by atoms with Gasteiger partial charge in [0.15, 0.2) is 5.82 Å². The van der Waals surface area contributed by atoms with Crippen LogP contribution in [0.15, 0.2) is 99.4 Å². The Morgan fingerprint density at radius 1 is 0.912 bits per heavy atom. The maximum Gasteiger partial charge on any atom is 0.438 e. The van der Waals surface area contributed by atoms with Gasteiger partial charge >= 0.3 is 11.4 Å². The van der Waals surface area contributed by atoms with Gasteiger partial charge in [0.2, 0.25) is 0 Å². The number of fused-ring (bicyclic) bond motifs is 2. The third kappa shape index (κ3) is 6.98. The topological polar surface area (TPSA) is 157 Å². The normalized spacial score (nSPS) is 20.2. The van der Waals surface area contributed by atoms with Gasteiger partial charge in [-0.05, 0) is 136 Å². The molecule has 2 aliphatic heterocycles. The lowest BCUT2D eigenvalue weighted by atomic mass is 9.91. The van der Waals surface area contributed by atoms with Gasteiger partial charge in [0.1, 0.15) is 23.4 Å². The monoisotopic (exact) mass is 918 g/mol. The minimum Gasteiger partial charge on any atom is -0.381 e. The summed E-state index contributed by atoms with van der Waals surface area (Å²) in [7, 11) is 3.99. The standard InChI is InChI=1S/C52H55FN10O5/c1-29-22-38(9-10-40(29)42-27-37(58(6)7)12-16-54-42)60-18-19-61(51(60)66)47-45-33(5)59(17-13-41(45)56-63(47)39-23-30(2)46(53)31(3)24-39)48(64)44-26-36-25-35(34-14-20-67-21-15-34)8-11-43(36)62(44)52(28-32(52)4)49-55-50(65)68-57-49/h8-12,16,18-19,22-27,32-34,48,64H,13-15,17,20-21,28H2,1-7H3,(H,55,57,65)/t32-,33-,48?,52-/m0/s1. The van der Waals surface area contributed by atoms with E-state index in [2.05, 4.69) is 50.9 Å². The molecular weight excluding hydrogens is 864 g/mol. The number of aromatic amines is 1. The highest BCUT2D eigenvalue weighted by Crippen LogP contribution is 2.57. The fourth-order valence-electron chi connectivity index (χ4n) is 11.0. The van der Waals surface area contributed by atoms with E-state index < -0.39 is 23.6 Å². The number of aromatic nitrogens is 8. The number of halogens is 1. The molecular formula is C52H55FN10O5. The van der Waals surface area contributed by atoms with Crippen molar-refractivity contribution in [3.63, 3.8) is 0 Å². The van der Waals surface area contributed by atoms with Gasteiger partial charge in [-0.15, -0.1) is 0 Å². The third-order valence-corrected chi connectivity index (χ3v) is 14.8. The Balaban J connectivity index is 1.03. The van der Waals surface area contributed by atoms with Crippen molar-refractivity contribution in [3.8, 4) is 28.5 Å².